The van der Waals surface area contributed by atoms with E-state index in [1.54, 1.807) is 4.90 Å². The molecule has 1 aromatic carbocycles. The second kappa shape index (κ2) is 12.2. The van der Waals surface area contributed by atoms with Crippen LogP contribution in [-0.4, -0.2) is 73.8 Å². The molecule has 2 fully saturated rings. The summed E-state index contributed by atoms with van der Waals surface area (Å²) in [5, 5.41) is 7.48. The molecule has 8 heteroatoms. The third-order valence-corrected chi connectivity index (χ3v) is 6.44. The van der Waals surface area contributed by atoms with E-state index in [2.05, 4.69) is 22.8 Å². The van der Waals surface area contributed by atoms with Crippen LogP contribution in [0.3, 0.4) is 0 Å². The number of carbonyl (C=O) groups is 2. The zero-order chi connectivity index (χ0) is 22.1. The summed E-state index contributed by atoms with van der Waals surface area (Å²) in [6.45, 7) is 7.02. The quantitative estimate of drug-likeness (QED) is 0.623. The number of piperidine rings is 2. The Balaban J connectivity index is 1.27. The average Bonchev–Trinajstić information content (AvgIpc) is 2.79. The molecular formula is C23H35ClN4O3. The van der Waals surface area contributed by atoms with Crippen molar-refractivity contribution in [3.8, 4) is 0 Å². The Morgan fingerprint density at radius 2 is 1.68 bits per heavy atom. The van der Waals surface area contributed by atoms with Gasteiger partial charge in [-0.2, -0.15) is 0 Å². The number of rotatable bonds is 7. The fraction of sp³-hybridized carbons (Fsp3) is 0.652. The number of carbonyl (C=O) groups excluding carboxylic acids is 2. The second-order valence-electron chi connectivity index (χ2n) is 8.42. The standard InChI is InChI=1S/C23H35ClN4O3/c1-2-31-23(30)28-15-10-21(11-16-28)26-22(29)27-13-8-19(9-14-27)17-25-12-7-18-3-5-20(24)6-4-18/h3-6,19,21,25H,2,7-17H2,1H3,(H,26,29). The van der Waals surface area contributed by atoms with Crippen LogP contribution in [-0.2, 0) is 11.2 Å². The summed E-state index contributed by atoms with van der Waals surface area (Å²) in [7, 11) is 0. The molecule has 3 rings (SSSR count). The van der Waals surface area contributed by atoms with E-state index in [1.807, 2.05) is 24.0 Å². The molecule has 0 spiro atoms. The Kier molecular flexibility index (Phi) is 9.28. The number of halogens is 1. The minimum Gasteiger partial charge on any atom is -0.450 e. The largest absolute Gasteiger partial charge is 0.450 e. The first-order valence-corrected chi connectivity index (χ1v) is 11.8. The Hall–Kier alpha value is -1.99. The number of hydrogen-bond donors (Lipinski definition) is 2. The van der Waals surface area contributed by atoms with Crippen LogP contribution in [0.4, 0.5) is 9.59 Å². The van der Waals surface area contributed by atoms with Gasteiger partial charge in [0.1, 0.15) is 0 Å². The minimum atomic E-state index is -0.254. The summed E-state index contributed by atoms with van der Waals surface area (Å²) in [6.07, 6.45) is 4.35. The molecule has 7 nitrogen and oxygen atoms in total. The lowest BCUT2D eigenvalue weighted by atomic mass is 9.97. The van der Waals surface area contributed by atoms with Crippen molar-refractivity contribution in [2.24, 2.45) is 5.92 Å². The molecular weight excluding hydrogens is 416 g/mol. The molecule has 0 aromatic heterocycles. The monoisotopic (exact) mass is 450 g/mol. The van der Waals surface area contributed by atoms with Gasteiger partial charge in [0.15, 0.2) is 0 Å². The number of nitrogens with one attached hydrogen (secondary N) is 2. The molecule has 0 bridgehead atoms. The number of ether oxygens (including phenoxy) is 1. The maximum atomic E-state index is 12.6. The fourth-order valence-corrected chi connectivity index (χ4v) is 4.34. The molecule has 31 heavy (non-hydrogen) atoms. The van der Waals surface area contributed by atoms with Crippen LogP contribution in [0.1, 0.15) is 38.2 Å². The summed E-state index contributed by atoms with van der Waals surface area (Å²) < 4.78 is 5.05. The van der Waals surface area contributed by atoms with Crippen molar-refractivity contribution in [3.05, 3.63) is 34.9 Å². The smallest absolute Gasteiger partial charge is 0.409 e. The van der Waals surface area contributed by atoms with Gasteiger partial charge in [0, 0.05) is 37.2 Å². The Morgan fingerprint density at radius 3 is 2.32 bits per heavy atom. The van der Waals surface area contributed by atoms with Gasteiger partial charge in [-0.3, -0.25) is 0 Å². The molecule has 2 aliphatic rings. The van der Waals surface area contributed by atoms with Gasteiger partial charge in [-0.25, -0.2) is 9.59 Å². The van der Waals surface area contributed by atoms with E-state index in [1.165, 1.54) is 5.56 Å². The zero-order valence-corrected chi connectivity index (χ0v) is 19.2. The van der Waals surface area contributed by atoms with Gasteiger partial charge in [-0.05, 0) is 75.7 Å². The van der Waals surface area contributed by atoms with Gasteiger partial charge < -0.3 is 25.2 Å². The normalized spacial score (nSPS) is 18.1. The highest BCUT2D eigenvalue weighted by Gasteiger charge is 2.27. The Morgan fingerprint density at radius 1 is 1.03 bits per heavy atom. The number of hydrogen-bond acceptors (Lipinski definition) is 4. The van der Waals surface area contributed by atoms with Crippen LogP contribution in [0.15, 0.2) is 24.3 Å². The lowest BCUT2D eigenvalue weighted by Crippen LogP contribution is -2.52. The molecule has 2 aliphatic heterocycles. The van der Waals surface area contributed by atoms with Crippen LogP contribution in [0.2, 0.25) is 5.02 Å². The van der Waals surface area contributed by atoms with Gasteiger partial charge in [0.05, 0.1) is 6.61 Å². The van der Waals surface area contributed by atoms with Gasteiger partial charge in [0.2, 0.25) is 0 Å². The van der Waals surface area contributed by atoms with E-state index in [-0.39, 0.29) is 18.2 Å². The maximum absolute atomic E-state index is 12.6. The summed E-state index contributed by atoms with van der Waals surface area (Å²) >= 11 is 5.92. The van der Waals surface area contributed by atoms with Crippen LogP contribution < -0.4 is 10.6 Å². The van der Waals surface area contributed by atoms with E-state index >= 15 is 0 Å². The van der Waals surface area contributed by atoms with Crippen molar-refractivity contribution < 1.29 is 14.3 Å². The predicted molar refractivity (Wildman–Crippen MR) is 122 cm³/mol. The zero-order valence-electron chi connectivity index (χ0n) is 18.4. The second-order valence-corrected chi connectivity index (χ2v) is 8.86. The summed E-state index contributed by atoms with van der Waals surface area (Å²) in [5.41, 5.74) is 1.29. The molecule has 2 heterocycles. The lowest BCUT2D eigenvalue weighted by molar-refractivity contribution is 0.0947. The molecule has 0 atom stereocenters. The first-order valence-electron chi connectivity index (χ1n) is 11.5. The van der Waals surface area contributed by atoms with E-state index in [9.17, 15) is 9.59 Å². The number of benzene rings is 1. The Labute approximate surface area is 190 Å². The number of nitrogens with zero attached hydrogens (tertiary/aromatic N) is 2. The van der Waals surface area contributed by atoms with Gasteiger partial charge in [0.25, 0.3) is 0 Å². The predicted octanol–water partition coefficient (Wildman–Crippen LogP) is 3.51. The van der Waals surface area contributed by atoms with Crippen molar-refractivity contribution >= 4 is 23.7 Å². The topological polar surface area (TPSA) is 73.9 Å². The first kappa shape index (κ1) is 23.7. The lowest BCUT2D eigenvalue weighted by Gasteiger charge is -2.35. The highest BCUT2D eigenvalue weighted by Crippen LogP contribution is 2.18. The molecule has 172 valence electrons. The van der Waals surface area contributed by atoms with E-state index in [0.29, 0.717) is 25.6 Å². The molecule has 0 saturated carbocycles. The molecule has 0 unspecified atom stereocenters. The van der Waals surface area contributed by atoms with Crippen molar-refractivity contribution in [1.82, 2.24) is 20.4 Å². The highest BCUT2D eigenvalue weighted by atomic mass is 35.5. The van der Waals surface area contributed by atoms with E-state index in [0.717, 1.165) is 63.3 Å². The van der Waals surface area contributed by atoms with E-state index < -0.39 is 0 Å². The third-order valence-electron chi connectivity index (χ3n) is 6.19. The van der Waals surface area contributed by atoms with Crippen molar-refractivity contribution in [3.63, 3.8) is 0 Å². The first-order chi connectivity index (χ1) is 15.0. The summed E-state index contributed by atoms with van der Waals surface area (Å²) in [4.78, 5) is 28.1. The van der Waals surface area contributed by atoms with Crippen molar-refractivity contribution in [2.45, 2.75) is 45.1 Å². The average molecular weight is 451 g/mol. The van der Waals surface area contributed by atoms with Crippen LogP contribution in [0, 0.1) is 5.92 Å². The number of urea groups is 1. The summed E-state index contributed by atoms with van der Waals surface area (Å²) in [6, 6.07) is 8.17. The van der Waals surface area contributed by atoms with E-state index in [4.69, 9.17) is 16.3 Å². The molecule has 0 aliphatic carbocycles. The molecule has 0 radical (unpaired) electrons. The van der Waals surface area contributed by atoms with Gasteiger partial charge >= 0.3 is 12.1 Å². The van der Waals surface area contributed by atoms with Crippen LogP contribution >= 0.6 is 11.6 Å². The molecule has 2 saturated heterocycles. The molecule has 3 amide bonds. The third kappa shape index (κ3) is 7.58. The fourth-order valence-electron chi connectivity index (χ4n) is 4.22. The van der Waals surface area contributed by atoms with Gasteiger partial charge in [-0.1, -0.05) is 23.7 Å². The summed E-state index contributed by atoms with van der Waals surface area (Å²) in [5.74, 6) is 0.613. The number of amides is 3. The molecule has 2 N–H and O–H groups in total. The minimum absolute atomic E-state index is 0.0312. The maximum Gasteiger partial charge on any atom is 0.409 e. The van der Waals surface area contributed by atoms with Crippen molar-refractivity contribution in [1.29, 1.82) is 0 Å². The van der Waals surface area contributed by atoms with Gasteiger partial charge in [-0.15, -0.1) is 0 Å². The Bertz CT molecular complexity index is 699. The highest BCUT2D eigenvalue weighted by molar-refractivity contribution is 6.30. The van der Waals surface area contributed by atoms with Crippen molar-refractivity contribution in [2.75, 3.05) is 45.9 Å². The van der Waals surface area contributed by atoms with Crippen LogP contribution in [0.25, 0.3) is 0 Å². The van der Waals surface area contributed by atoms with Crippen LogP contribution in [0.5, 0.6) is 0 Å². The SMILES string of the molecule is CCOC(=O)N1CCC(NC(=O)N2CCC(CNCCc3ccc(Cl)cc3)CC2)CC1. The molecule has 1 aromatic rings. The number of likely N-dealkylation sites (tertiary alicyclic amines) is 2.